The Bertz CT molecular complexity index is 54.5. The van der Waals surface area contributed by atoms with Crippen molar-refractivity contribution in [3.63, 3.8) is 0 Å². The standard InChI is InChI=1S/C6H13FO/c1-5(2)6(7)4-8-3/h5-6H,4H2,1-3H3/t6-/m0/s1. The number of hydrogen-bond donors (Lipinski definition) is 0. The molecule has 1 atom stereocenters. The Labute approximate surface area is 49.8 Å². The molecule has 2 heteroatoms. The van der Waals surface area contributed by atoms with Crippen molar-refractivity contribution in [2.24, 2.45) is 5.92 Å². The zero-order valence-corrected chi connectivity index (χ0v) is 5.65. The number of alkyl halides is 1. The topological polar surface area (TPSA) is 9.23 Å². The van der Waals surface area contributed by atoms with Gasteiger partial charge in [-0.1, -0.05) is 13.8 Å². The smallest absolute Gasteiger partial charge is 0.126 e. The molecule has 0 aliphatic carbocycles. The molecule has 0 aliphatic heterocycles. The molecule has 0 spiro atoms. The SMILES string of the molecule is COC[C@H](F)C(C)C. The lowest BCUT2D eigenvalue weighted by Crippen LogP contribution is -2.15. The maximum Gasteiger partial charge on any atom is 0.126 e. The summed E-state index contributed by atoms with van der Waals surface area (Å²) in [4.78, 5) is 0. The molecular formula is C6H13FO. The minimum atomic E-state index is -0.806. The maximum atomic E-state index is 12.4. The Morgan fingerprint density at radius 3 is 2.12 bits per heavy atom. The summed E-state index contributed by atoms with van der Waals surface area (Å²) >= 11 is 0. The third-order valence-electron chi connectivity index (χ3n) is 1.05. The first-order valence-electron chi connectivity index (χ1n) is 2.81. The van der Waals surface area contributed by atoms with Gasteiger partial charge in [0.1, 0.15) is 6.17 Å². The van der Waals surface area contributed by atoms with Crippen molar-refractivity contribution in [2.45, 2.75) is 20.0 Å². The van der Waals surface area contributed by atoms with Gasteiger partial charge in [-0.05, 0) is 5.92 Å². The van der Waals surface area contributed by atoms with Gasteiger partial charge in [-0.15, -0.1) is 0 Å². The summed E-state index contributed by atoms with van der Waals surface area (Å²) in [6.45, 7) is 3.89. The normalized spacial score (nSPS) is 14.6. The van der Waals surface area contributed by atoms with Gasteiger partial charge in [-0.25, -0.2) is 4.39 Å². The first-order valence-corrected chi connectivity index (χ1v) is 2.81. The second-order valence-electron chi connectivity index (χ2n) is 2.22. The van der Waals surface area contributed by atoms with E-state index in [9.17, 15) is 4.39 Å². The van der Waals surface area contributed by atoms with E-state index in [0.29, 0.717) is 0 Å². The first-order chi connectivity index (χ1) is 3.68. The van der Waals surface area contributed by atoms with Crippen molar-refractivity contribution in [1.29, 1.82) is 0 Å². The monoisotopic (exact) mass is 120 g/mol. The van der Waals surface area contributed by atoms with Gasteiger partial charge in [-0.3, -0.25) is 0 Å². The summed E-state index contributed by atoms with van der Waals surface area (Å²) in [5, 5.41) is 0. The Hall–Kier alpha value is -0.110. The van der Waals surface area contributed by atoms with Gasteiger partial charge >= 0.3 is 0 Å². The third kappa shape index (κ3) is 2.97. The molecule has 8 heavy (non-hydrogen) atoms. The molecule has 0 rings (SSSR count). The van der Waals surface area contributed by atoms with Crippen LogP contribution in [0.2, 0.25) is 0 Å². The second kappa shape index (κ2) is 3.84. The lowest BCUT2D eigenvalue weighted by Gasteiger charge is -2.08. The molecular weight excluding hydrogens is 107 g/mol. The van der Waals surface area contributed by atoms with Gasteiger partial charge in [0.25, 0.3) is 0 Å². The first kappa shape index (κ1) is 7.89. The predicted molar refractivity (Wildman–Crippen MR) is 31.6 cm³/mol. The summed E-state index contributed by atoms with van der Waals surface area (Å²) in [5.74, 6) is 0.0787. The average molecular weight is 120 g/mol. The molecule has 0 unspecified atom stereocenters. The summed E-state index contributed by atoms with van der Waals surface area (Å²) in [5.41, 5.74) is 0. The predicted octanol–water partition coefficient (Wildman–Crippen LogP) is 1.63. The molecule has 1 nitrogen and oxygen atoms in total. The van der Waals surface area contributed by atoms with E-state index in [0.717, 1.165) is 0 Å². The minimum absolute atomic E-state index is 0.0787. The van der Waals surface area contributed by atoms with Crippen LogP contribution in [0.4, 0.5) is 4.39 Å². The van der Waals surface area contributed by atoms with E-state index in [4.69, 9.17) is 0 Å². The van der Waals surface area contributed by atoms with Crippen LogP contribution >= 0.6 is 0 Å². The molecule has 0 heterocycles. The minimum Gasteiger partial charge on any atom is -0.382 e. The molecule has 0 fully saturated rings. The molecule has 50 valence electrons. The molecule has 0 amide bonds. The van der Waals surface area contributed by atoms with E-state index in [1.165, 1.54) is 7.11 Å². The largest absolute Gasteiger partial charge is 0.382 e. The highest BCUT2D eigenvalue weighted by atomic mass is 19.1. The van der Waals surface area contributed by atoms with Crippen LogP contribution in [0, 0.1) is 5.92 Å². The molecule has 0 aromatic rings. The van der Waals surface area contributed by atoms with Crippen LogP contribution in [0.5, 0.6) is 0 Å². The lowest BCUT2D eigenvalue weighted by atomic mass is 10.1. The zero-order chi connectivity index (χ0) is 6.57. The maximum absolute atomic E-state index is 12.4. The lowest BCUT2D eigenvalue weighted by molar-refractivity contribution is 0.0978. The van der Waals surface area contributed by atoms with E-state index in [1.807, 2.05) is 13.8 Å². The quantitative estimate of drug-likeness (QED) is 0.550. The fourth-order valence-electron chi connectivity index (χ4n) is 0.352. The van der Waals surface area contributed by atoms with E-state index in [-0.39, 0.29) is 12.5 Å². The molecule has 0 saturated carbocycles. The van der Waals surface area contributed by atoms with E-state index >= 15 is 0 Å². The molecule has 0 saturated heterocycles. The Morgan fingerprint density at radius 2 is 2.00 bits per heavy atom. The summed E-state index contributed by atoms with van der Waals surface area (Å²) < 4.78 is 17.0. The van der Waals surface area contributed by atoms with E-state index in [1.54, 1.807) is 0 Å². The van der Waals surface area contributed by atoms with Crippen molar-refractivity contribution in [2.75, 3.05) is 13.7 Å². The average Bonchev–Trinajstić information content (AvgIpc) is 1.67. The summed E-state index contributed by atoms with van der Waals surface area (Å²) in [6.07, 6.45) is -0.806. The number of rotatable bonds is 3. The third-order valence-corrected chi connectivity index (χ3v) is 1.05. The second-order valence-corrected chi connectivity index (χ2v) is 2.22. The number of ether oxygens (including phenoxy) is 1. The highest BCUT2D eigenvalue weighted by Gasteiger charge is 2.09. The Kier molecular flexibility index (Phi) is 3.79. The summed E-state index contributed by atoms with van der Waals surface area (Å²) in [7, 11) is 1.51. The van der Waals surface area contributed by atoms with Crippen LogP contribution in [0.3, 0.4) is 0 Å². The van der Waals surface area contributed by atoms with Gasteiger partial charge in [0.2, 0.25) is 0 Å². The molecule has 0 aromatic carbocycles. The molecule has 0 aromatic heterocycles. The molecule has 0 bridgehead atoms. The van der Waals surface area contributed by atoms with Crippen LogP contribution in [-0.4, -0.2) is 19.9 Å². The van der Waals surface area contributed by atoms with Crippen molar-refractivity contribution >= 4 is 0 Å². The van der Waals surface area contributed by atoms with Crippen molar-refractivity contribution in [3.05, 3.63) is 0 Å². The van der Waals surface area contributed by atoms with Gasteiger partial charge in [0.05, 0.1) is 6.61 Å². The van der Waals surface area contributed by atoms with Crippen LogP contribution in [0.1, 0.15) is 13.8 Å². The van der Waals surface area contributed by atoms with Crippen molar-refractivity contribution in [1.82, 2.24) is 0 Å². The Balaban J connectivity index is 3.17. The molecule has 0 N–H and O–H groups in total. The fourth-order valence-corrected chi connectivity index (χ4v) is 0.352. The van der Waals surface area contributed by atoms with Gasteiger partial charge in [0.15, 0.2) is 0 Å². The fraction of sp³-hybridized carbons (Fsp3) is 1.00. The van der Waals surface area contributed by atoms with Gasteiger partial charge < -0.3 is 4.74 Å². The number of hydrogen-bond acceptors (Lipinski definition) is 1. The zero-order valence-electron chi connectivity index (χ0n) is 5.65. The summed E-state index contributed by atoms with van der Waals surface area (Å²) in [6, 6.07) is 0. The molecule has 0 aliphatic rings. The van der Waals surface area contributed by atoms with Gasteiger partial charge in [-0.2, -0.15) is 0 Å². The highest BCUT2D eigenvalue weighted by Crippen LogP contribution is 2.04. The van der Waals surface area contributed by atoms with Crippen LogP contribution in [-0.2, 0) is 4.74 Å². The van der Waals surface area contributed by atoms with Crippen LogP contribution in [0.15, 0.2) is 0 Å². The highest BCUT2D eigenvalue weighted by molar-refractivity contribution is 4.57. The van der Waals surface area contributed by atoms with Crippen LogP contribution < -0.4 is 0 Å². The van der Waals surface area contributed by atoms with E-state index in [2.05, 4.69) is 4.74 Å². The van der Waals surface area contributed by atoms with Crippen molar-refractivity contribution < 1.29 is 9.13 Å². The van der Waals surface area contributed by atoms with E-state index < -0.39 is 6.17 Å². The Morgan fingerprint density at radius 1 is 1.50 bits per heavy atom. The van der Waals surface area contributed by atoms with Crippen LogP contribution in [0.25, 0.3) is 0 Å². The molecule has 0 radical (unpaired) electrons. The number of halogens is 1. The number of methoxy groups -OCH3 is 1. The van der Waals surface area contributed by atoms with Gasteiger partial charge in [0, 0.05) is 7.11 Å². The van der Waals surface area contributed by atoms with Crippen molar-refractivity contribution in [3.8, 4) is 0 Å².